The van der Waals surface area contributed by atoms with E-state index in [0.717, 1.165) is 23.8 Å². The molecule has 2 rings (SSSR count). The van der Waals surface area contributed by atoms with Crippen LogP contribution in [0, 0.1) is 24.4 Å². The van der Waals surface area contributed by atoms with Gasteiger partial charge in [-0.05, 0) is 48.9 Å². The number of hydrogen-bond acceptors (Lipinski definition) is 2. The lowest BCUT2D eigenvalue weighted by molar-refractivity contribution is 0.186. The second-order valence-corrected chi connectivity index (χ2v) is 4.58. The second kappa shape index (κ2) is 5.96. The van der Waals surface area contributed by atoms with E-state index in [0.29, 0.717) is 5.69 Å². The molecule has 2 N–H and O–H groups in total. The van der Waals surface area contributed by atoms with Gasteiger partial charge in [-0.1, -0.05) is 0 Å². The van der Waals surface area contributed by atoms with E-state index in [2.05, 4.69) is 5.32 Å². The molecule has 0 aromatic heterocycles. The zero-order chi connectivity index (χ0) is 14.7. The molecule has 20 heavy (non-hydrogen) atoms. The predicted octanol–water partition coefficient (Wildman–Crippen LogP) is 3.56. The molecule has 0 bridgehead atoms. The number of halogens is 3. The Bertz CT molecular complexity index is 596. The average molecular weight is 281 g/mol. The molecule has 2 nitrogen and oxygen atoms in total. The Morgan fingerprint density at radius 2 is 1.80 bits per heavy atom. The smallest absolute Gasteiger partial charge is 0.129 e. The molecular formula is C15H14F3NO. The molecule has 2 aromatic rings. The van der Waals surface area contributed by atoms with Crippen LogP contribution < -0.4 is 5.32 Å². The van der Waals surface area contributed by atoms with Crippen LogP contribution in [0.4, 0.5) is 18.9 Å². The summed E-state index contributed by atoms with van der Waals surface area (Å²) in [6, 6.07) is 7.21. The maximum atomic E-state index is 13.5. The lowest BCUT2D eigenvalue weighted by atomic mass is 10.1. The van der Waals surface area contributed by atoms with Gasteiger partial charge in [-0.3, -0.25) is 0 Å². The third-order valence-corrected chi connectivity index (χ3v) is 2.86. The zero-order valence-electron chi connectivity index (χ0n) is 10.8. The van der Waals surface area contributed by atoms with Crippen molar-refractivity contribution in [3.05, 3.63) is 65.0 Å². The number of aliphatic hydroxyl groups excluding tert-OH is 1. The normalized spacial score (nSPS) is 12.2. The first-order valence-corrected chi connectivity index (χ1v) is 6.10. The van der Waals surface area contributed by atoms with Gasteiger partial charge in [0.2, 0.25) is 0 Å². The van der Waals surface area contributed by atoms with E-state index in [1.165, 1.54) is 12.1 Å². The van der Waals surface area contributed by atoms with Crippen molar-refractivity contribution in [3.8, 4) is 0 Å². The van der Waals surface area contributed by atoms with Gasteiger partial charge in [0.1, 0.15) is 17.5 Å². The van der Waals surface area contributed by atoms with Gasteiger partial charge in [0, 0.05) is 17.8 Å². The summed E-state index contributed by atoms with van der Waals surface area (Å²) in [6.07, 6.45) is -1.23. The first kappa shape index (κ1) is 14.4. The summed E-state index contributed by atoms with van der Waals surface area (Å²) in [4.78, 5) is 0. The molecule has 0 amide bonds. The maximum Gasteiger partial charge on any atom is 0.129 e. The molecule has 1 unspecified atom stereocenters. The molecule has 1 atom stereocenters. The Labute approximate surface area is 114 Å². The molecule has 0 radical (unpaired) electrons. The van der Waals surface area contributed by atoms with Crippen molar-refractivity contribution in [3.63, 3.8) is 0 Å². The molecule has 2 aromatic carbocycles. The highest BCUT2D eigenvalue weighted by atomic mass is 19.1. The van der Waals surface area contributed by atoms with Crippen molar-refractivity contribution in [1.82, 2.24) is 0 Å². The molecule has 0 aliphatic heterocycles. The van der Waals surface area contributed by atoms with E-state index in [1.54, 1.807) is 13.0 Å². The minimum Gasteiger partial charge on any atom is -0.386 e. The monoisotopic (exact) mass is 281 g/mol. The minimum absolute atomic E-state index is 0.0523. The van der Waals surface area contributed by atoms with Gasteiger partial charge in [-0.25, -0.2) is 13.2 Å². The Morgan fingerprint density at radius 1 is 1.05 bits per heavy atom. The van der Waals surface area contributed by atoms with Crippen LogP contribution in [0.25, 0.3) is 0 Å². The Balaban J connectivity index is 2.08. The van der Waals surface area contributed by atoms with Crippen molar-refractivity contribution in [2.75, 3.05) is 11.9 Å². The maximum absolute atomic E-state index is 13.5. The summed E-state index contributed by atoms with van der Waals surface area (Å²) in [5.41, 5.74) is 1.06. The zero-order valence-corrected chi connectivity index (χ0v) is 10.8. The lowest BCUT2D eigenvalue weighted by Gasteiger charge is -2.14. The Hall–Kier alpha value is -2.01. The number of aliphatic hydroxyl groups is 1. The molecule has 0 saturated carbocycles. The van der Waals surface area contributed by atoms with E-state index < -0.39 is 23.6 Å². The average Bonchev–Trinajstić information content (AvgIpc) is 2.38. The number of aryl methyl sites for hydroxylation is 1. The SMILES string of the molecule is Cc1cc(F)cc(NCC(O)c2cc(F)ccc2F)c1. The van der Waals surface area contributed by atoms with Crippen LogP contribution in [0.2, 0.25) is 0 Å². The Morgan fingerprint density at radius 3 is 2.50 bits per heavy atom. The third-order valence-electron chi connectivity index (χ3n) is 2.86. The standard InChI is InChI=1S/C15H14F3NO/c1-9-4-11(17)6-12(5-9)19-8-15(20)13-7-10(16)2-3-14(13)18/h2-7,15,19-20H,8H2,1H3. The molecular weight excluding hydrogens is 267 g/mol. The van der Waals surface area contributed by atoms with Crippen LogP contribution >= 0.6 is 0 Å². The highest BCUT2D eigenvalue weighted by Crippen LogP contribution is 2.20. The van der Waals surface area contributed by atoms with E-state index in [9.17, 15) is 18.3 Å². The molecule has 0 heterocycles. The first-order chi connectivity index (χ1) is 9.45. The van der Waals surface area contributed by atoms with Crippen LogP contribution in [-0.2, 0) is 0 Å². The van der Waals surface area contributed by atoms with Gasteiger partial charge in [0.25, 0.3) is 0 Å². The lowest BCUT2D eigenvalue weighted by Crippen LogP contribution is -2.14. The molecule has 0 aliphatic carbocycles. The molecule has 0 fully saturated rings. The number of benzene rings is 2. The number of nitrogens with one attached hydrogen (secondary N) is 1. The van der Waals surface area contributed by atoms with Gasteiger partial charge in [0.05, 0.1) is 6.10 Å². The first-order valence-electron chi connectivity index (χ1n) is 6.10. The summed E-state index contributed by atoms with van der Waals surface area (Å²) in [7, 11) is 0. The third kappa shape index (κ3) is 3.51. The van der Waals surface area contributed by atoms with Crippen molar-refractivity contribution >= 4 is 5.69 Å². The van der Waals surface area contributed by atoms with Crippen LogP contribution in [0.3, 0.4) is 0 Å². The van der Waals surface area contributed by atoms with Gasteiger partial charge < -0.3 is 10.4 Å². The fraction of sp³-hybridized carbons (Fsp3) is 0.200. The van der Waals surface area contributed by atoms with Crippen LogP contribution in [0.15, 0.2) is 36.4 Å². The number of anilines is 1. The van der Waals surface area contributed by atoms with Crippen molar-refractivity contribution in [2.45, 2.75) is 13.0 Å². The van der Waals surface area contributed by atoms with Gasteiger partial charge in [-0.2, -0.15) is 0 Å². The predicted molar refractivity (Wildman–Crippen MR) is 70.9 cm³/mol. The van der Waals surface area contributed by atoms with E-state index in [4.69, 9.17) is 0 Å². The van der Waals surface area contributed by atoms with Crippen molar-refractivity contribution in [2.24, 2.45) is 0 Å². The number of hydrogen-bond donors (Lipinski definition) is 2. The summed E-state index contributed by atoms with van der Waals surface area (Å²) >= 11 is 0. The molecule has 106 valence electrons. The summed E-state index contributed by atoms with van der Waals surface area (Å²) in [5.74, 6) is -1.71. The summed E-state index contributed by atoms with van der Waals surface area (Å²) < 4.78 is 39.7. The van der Waals surface area contributed by atoms with Crippen molar-refractivity contribution in [1.29, 1.82) is 0 Å². The van der Waals surface area contributed by atoms with Gasteiger partial charge in [0.15, 0.2) is 0 Å². The summed E-state index contributed by atoms with van der Waals surface area (Å²) in [6.45, 7) is 1.68. The van der Waals surface area contributed by atoms with E-state index in [-0.39, 0.29) is 12.1 Å². The second-order valence-electron chi connectivity index (χ2n) is 4.58. The highest BCUT2D eigenvalue weighted by Gasteiger charge is 2.13. The largest absolute Gasteiger partial charge is 0.386 e. The van der Waals surface area contributed by atoms with Gasteiger partial charge in [-0.15, -0.1) is 0 Å². The van der Waals surface area contributed by atoms with Crippen molar-refractivity contribution < 1.29 is 18.3 Å². The Kier molecular flexibility index (Phi) is 4.29. The minimum atomic E-state index is -1.23. The van der Waals surface area contributed by atoms with Crippen LogP contribution in [-0.4, -0.2) is 11.7 Å². The highest BCUT2D eigenvalue weighted by molar-refractivity contribution is 5.46. The summed E-state index contributed by atoms with van der Waals surface area (Å²) in [5, 5.41) is 12.7. The van der Waals surface area contributed by atoms with Gasteiger partial charge >= 0.3 is 0 Å². The topological polar surface area (TPSA) is 32.3 Å². The molecule has 0 aliphatic rings. The fourth-order valence-corrected chi connectivity index (χ4v) is 1.93. The quantitative estimate of drug-likeness (QED) is 0.898. The van der Waals surface area contributed by atoms with E-state index in [1.807, 2.05) is 0 Å². The molecule has 5 heteroatoms. The number of rotatable bonds is 4. The van der Waals surface area contributed by atoms with E-state index >= 15 is 0 Å². The molecule has 0 spiro atoms. The fourth-order valence-electron chi connectivity index (χ4n) is 1.93. The molecule has 0 saturated heterocycles. The van der Waals surface area contributed by atoms with Crippen LogP contribution in [0.5, 0.6) is 0 Å². The van der Waals surface area contributed by atoms with Crippen LogP contribution in [0.1, 0.15) is 17.2 Å².